The maximum absolute atomic E-state index is 6.06. The lowest BCUT2D eigenvalue weighted by Gasteiger charge is -2.40. The fraction of sp³-hybridized carbons (Fsp3) is 0.600. The highest BCUT2D eigenvalue weighted by Gasteiger charge is 2.33. The second kappa shape index (κ2) is 5.85. The minimum atomic E-state index is 0.353. The van der Waals surface area contributed by atoms with Crippen LogP contribution < -0.4 is 5.32 Å². The van der Waals surface area contributed by atoms with E-state index in [9.17, 15) is 0 Å². The van der Waals surface area contributed by atoms with Gasteiger partial charge in [0.25, 0.3) is 0 Å². The summed E-state index contributed by atoms with van der Waals surface area (Å²) in [6.07, 6.45) is 1.29. The van der Waals surface area contributed by atoms with E-state index in [-0.39, 0.29) is 0 Å². The van der Waals surface area contributed by atoms with Crippen LogP contribution >= 0.6 is 23.4 Å². The number of hydrogen-bond acceptors (Lipinski definition) is 2. The molecule has 1 saturated heterocycles. The van der Waals surface area contributed by atoms with Gasteiger partial charge in [0.1, 0.15) is 0 Å². The maximum atomic E-state index is 6.06. The van der Waals surface area contributed by atoms with Crippen LogP contribution in [0.25, 0.3) is 0 Å². The highest BCUT2D eigenvalue weighted by molar-refractivity contribution is 7.99. The summed E-state index contributed by atoms with van der Waals surface area (Å²) >= 11 is 8.11. The molecule has 1 heterocycles. The Hall–Kier alpha value is -0.180. The van der Waals surface area contributed by atoms with Crippen molar-refractivity contribution in [1.82, 2.24) is 5.32 Å². The third kappa shape index (κ3) is 3.43. The molecule has 0 saturated carbocycles. The zero-order chi connectivity index (χ0) is 13.2. The van der Waals surface area contributed by atoms with Crippen LogP contribution in [0.15, 0.2) is 24.3 Å². The fourth-order valence-corrected chi connectivity index (χ4v) is 4.20. The summed E-state index contributed by atoms with van der Waals surface area (Å²) in [5.41, 5.74) is 1.66. The van der Waals surface area contributed by atoms with E-state index in [4.69, 9.17) is 11.6 Å². The molecule has 1 fully saturated rings. The molecule has 2 rings (SSSR count). The second-order valence-corrected chi connectivity index (χ2v) is 7.40. The van der Waals surface area contributed by atoms with Crippen LogP contribution in [0, 0.1) is 5.41 Å². The highest BCUT2D eigenvalue weighted by atomic mass is 35.5. The third-order valence-corrected chi connectivity index (χ3v) is 5.22. The number of nitrogens with one attached hydrogen (secondary N) is 1. The molecule has 1 aromatic carbocycles. The molecular formula is C15H22ClNS. The summed E-state index contributed by atoms with van der Waals surface area (Å²) in [7, 11) is 0. The number of hydrogen-bond donors (Lipinski definition) is 1. The molecule has 1 N–H and O–H groups in total. The van der Waals surface area contributed by atoms with Crippen molar-refractivity contribution in [3.63, 3.8) is 0 Å². The Morgan fingerprint density at radius 1 is 1.44 bits per heavy atom. The van der Waals surface area contributed by atoms with E-state index in [1.807, 2.05) is 12.1 Å². The van der Waals surface area contributed by atoms with Crippen molar-refractivity contribution in [2.75, 3.05) is 11.5 Å². The van der Waals surface area contributed by atoms with Gasteiger partial charge in [-0.25, -0.2) is 0 Å². The van der Waals surface area contributed by atoms with Gasteiger partial charge in [-0.15, -0.1) is 0 Å². The van der Waals surface area contributed by atoms with E-state index in [1.54, 1.807) is 0 Å². The Morgan fingerprint density at radius 3 is 2.89 bits per heavy atom. The first-order valence-electron chi connectivity index (χ1n) is 6.58. The normalized spacial score (nSPS) is 24.8. The predicted octanol–water partition coefficient (Wildman–Crippen LogP) is 4.52. The first-order valence-corrected chi connectivity index (χ1v) is 8.11. The zero-order valence-electron chi connectivity index (χ0n) is 11.4. The molecule has 1 aromatic rings. The van der Waals surface area contributed by atoms with Crippen LogP contribution in [0.1, 0.15) is 38.8 Å². The molecule has 0 spiro atoms. The Balaban J connectivity index is 2.04. The number of thioether (sulfide) groups is 1. The summed E-state index contributed by atoms with van der Waals surface area (Å²) in [6, 6.07) is 9.08. The van der Waals surface area contributed by atoms with Crippen LogP contribution in [-0.2, 0) is 0 Å². The summed E-state index contributed by atoms with van der Waals surface area (Å²) in [5.74, 6) is 2.49. The first kappa shape index (κ1) is 14.2. The van der Waals surface area contributed by atoms with Crippen molar-refractivity contribution >= 4 is 23.4 Å². The van der Waals surface area contributed by atoms with Gasteiger partial charge < -0.3 is 5.32 Å². The van der Waals surface area contributed by atoms with Crippen LogP contribution in [0.4, 0.5) is 0 Å². The van der Waals surface area contributed by atoms with Gasteiger partial charge in [-0.05, 0) is 42.2 Å². The van der Waals surface area contributed by atoms with Crippen molar-refractivity contribution in [2.45, 2.75) is 39.3 Å². The van der Waals surface area contributed by atoms with E-state index >= 15 is 0 Å². The number of halogens is 1. The van der Waals surface area contributed by atoms with Gasteiger partial charge in [0.2, 0.25) is 0 Å². The Bertz CT molecular complexity index is 405. The summed E-state index contributed by atoms with van der Waals surface area (Å²) in [6.45, 7) is 6.96. The Labute approximate surface area is 120 Å². The summed E-state index contributed by atoms with van der Waals surface area (Å²) in [4.78, 5) is 0. The molecule has 1 nitrogen and oxygen atoms in total. The average Bonchev–Trinajstić information content (AvgIpc) is 2.31. The van der Waals surface area contributed by atoms with Crippen LogP contribution in [0.3, 0.4) is 0 Å². The van der Waals surface area contributed by atoms with E-state index in [0.29, 0.717) is 17.5 Å². The molecule has 100 valence electrons. The minimum Gasteiger partial charge on any atom is -0.306 e. The SMILES string of the molecule is C[C@@H](NC1CSCCC1(C)C)c1cccc(Cl)c1. The summed E-state index contributed by atoms with van der Waals surface area (Å²) < 4.78 is 0. The van der Waals surface area contributed by atoms with E-state index in [0.717, 1.165) is 5.02 Å². The van der Waals surface area contributed by atoms with Gasteiger partial charge >= 0.3 is 0 Å². The number of rotatable bonds is 3. The van der Waals surface area contributed by atoms with Gasteiger partial charge in [0.05, 0.1) is 0 Å². The number of benzene rings is 1. The van der Waals surface area contributed by atoms with Gasteiger partial charge in [0.15, 0.2) is 0 Å². The molecule has 0 aromatic heterocycles. The molecule has 0 aliphatic carbocycles. The molecule has 0 amide bonds. The lowest BCUT2D eigenvalue weighted by Crippen LogP contribution is -2.47. The zero-order valence-corrected chi connectivity index (χ0v) is 12.9. The van der Waals surface area contributed by atoms with Crippen LogP contribution in [-0.4, -0.2) is 17.5 Å². The molecule has 18 heavy (non-hydrogen) atoms. The lowest BCUT2D eigenvalue weighted by atomic mass is 9.81. The van der Waals surface area contributed by atoms with E-state index < -0.39 is 0 Å². The smallest absolute Gasteiger partial charge is 0.0409 e. The van der Waals surface area contributed by atoms with E-state index in [1.165, 1.54) is 23.5 Å². The largest absolute Gasteiger partial charge is 0.306 e. The molecule has 0 radical (unpaired) electrons. The topological polar surface area (TPSA) is 12.0 Å². The Morgan fingerprint density at radius 2 is 2.22 bits per heavy atom. The average molecular weight is 284 g/mol. The van der Waals surface area contributed by atoms with Gasteiger partial charge in [-0.3, -0.25) is 0 Å². The molecule has 2 atom stereocenters. The third-order valence-electron chi connectivity index (χ3n) is 3.92. The molecular weight excluding hydrogens is 262 g/mol. The van der Waals surface area contributed by atoms with Crippen LogP contribution in [0.5, 0.6) is 0 Å². The first-order chi connectivity index (χ1) is 8.49. The quantitative estimate of drug-likeness (QED) is 0.875. The van der Waals surface area contributed by atoms with Crippen molar-refractivity contribution in [2.24, 2.45) is 5.41 Å². The molecule has 1 aliphatic heterocycles. The van der Waals surface area contributed by atoms with Crippen molar-refractivity contribution in [3.05, 3.63) is 34.9 Å². The van der Waals surface area contributed by atoms with Crippen molar-refractivity contribution in [1.29, 1.82) is 0 Å². The fourth-order valence-electron chi connectivity index (χ4n) is 2.38. The standard InChI is InChI=1S/C15H22ClNS/c1-11(12-5-4-6-13(16)9-12)17-14-10-18-8-7-15(14,2)3/h4-6,9,11,14,17H,7-8,10H2,1-3H3/t11-,14?/m1/s1. The van der Waals surface area contributed by atoms with Crippen molar-refractivity contribution < 1.29 is 0 Å². The predicted molar refractivity (Wildman–Crippen MR) is 82.5 cm³/mol. The Kier molecular flexibility index (Phi) is 4.63. The molecule has 1 aliphatic rings. The molecule has 3 heteroatoms. The minimum absolute atomic E-state index is 0.353. The van der Waals surface area contributed by atoms with Gasteiger partial charge in [-0.1, -0.05) is 37.6 Å². The van der Waals surface area contributed by atoms with Gasteiger partial charge in [-0.2, -0.15) is 11.8 Å². The van der Waals surface area contributed by atoms with Crippen molar-refractivity contribution in [3.8, 4) is 0 Å². The molecule has 0 bridgehead atoms. The monoisotopic (exact) mass is 283 g/mol. The van der Waals surface area contributed by atoms with E-state index in [2.05, 4.69) is 50.0 Å². The van der Waals surface area contributed by atoms with Gasteiger partial charge in [0, 0.05) is 22.9 Å². The summed E-state index contributed by atoms with van der Waals surface area (Å²) in [5, 5.41) is 4.59. The second-order valence-electron chi connectivity index (χ2n) is 5.81. The molecule has 1 unspecified atom stereocenters. The highest BCUT2D eigenvalue weighted by Crippen LogP contribution is 2.35. The maximum Gasteiger partial charge on any atom is 0.0409 e. The van der Waals surface area contributed by atoms with Crippen LogP contribution in [0.2, 0.25) is 5.02 Å². The lowest BCUT2D eigenvalue weighted by molar-refractivity contribution is 0.232.